The van der Waals surface area contributed by atoms with Gasteiger partial charge >= 0.3 is 0 Å². The van der Waals surface area contributed by atoms with Crippen LogP contribution in [-0.4, -0.2) is 41.2 Å². The van der Waals surface area contributed by atoms with Gasteiger partial charge in [0.15, 0.2) is 0 Å². The van der Waals surface area contributed by atoms with Gasteiger partial charge in [-0.2, -0.15) is 0 Å². The van der Waals surface area contributed by atoms with Crippen molar-refractivity contribution in [1.29, 1.82) is 0 Å². The van der Waals surface area contributed by atoms with E-state index in [0.29, 0.717) is 30.6 Å². The second kappa shape index (κ2) is 7.32. The second-order valence-corrected chi connectivity index (χ2v) is 7.43. The molecule has 3 N–H and O–H groups in total. The molecule has 27 heavy (non-hydrogen) atoms. The van der Waals surface area contributed by atoms with E-state index in [-0.39, 0.29) is 23.3 Å². The normalized spacial score (nSPS) is 13.7. The molecule has 1 heterocycles. The molecule has 0 radical (unpaired) electrons. The summed E-state index contributed by atoms with van der Waals surface area (Å²) in [6.07, 6.45) is 0.589. The predicted molar refractivity (Wildman–Crippen MR) is 103 cm³/mol. The first-order valence-electron chi connectivity index (χ1n) is 8.87. The van der Waals surface area contributed by atoms with Crippen LogP contribution in [0.2, 0.25) is 0 Å². The molecule has 2 aromatic carbocycles. The fourth-order valence-electron chi connectivity index (χ4n) is 2.93. The molecule has 0 aliphatic carbocycles. The SMILES string of the molecule is CC(C)(N)CNC(=O)c1ccc2c(c1)C(=O)N(CCc1ccccc1)C2=O. The molecular weight excluding hydrogens is 342 g/mol. The molecule has 0 bridgehead atoms. The Hall–Kier alpha value is -2.99. The van der Waals surface area contributed by atoms with Crippen LogP contribution in [0, 0.1) is 0 Å². The van der Waals surface area contributed by atoms with E-state index >= 15 is 0 Å². The van der Waals surface area contributed by atoms with Gasteiger partial charge in [-0.05, 0) is 44.0 Å². The molecule has 0 unspecified atom stereocenters. The topological polar surface area (TPSA) is 92.5 Å². The fraction of sp³-hybridized carbons (Fsp3) is 0.286. The lowest BCUT2D eigenvalue weighted by molar-refractivity contribution is 0.0656. The van der Waals surface area contributed by atoms with Crippen LogP contribution in [0.1, 0.15) is 50.5 Å². The van der Waals surface area contributed by atoms with E-state index in [1.165, 1.54) is 11.0 Å². The number of fused-ring (bicyclic) bond motifs is 1. The van der Waals surface area contributed by atoms with Gasteiger partial charge in [-0.15, -0.1) is 0 Å². The first kappa shape index (κ1) is 18.8. The molecule has 140 valence electrons. The van der Waals surface area contributed by atoms with Gasteiger partial charge in [0.05, 0.1) is 11.1 Å². The van der Waals surface area contributed by atoms with Gasteiger partial charge in [0.2, 0.25) is 0 Å². The average Bonchev–Trinajstić information content (AvgIpc) is 2.88. The number of imide groups is 1. The van der Waals surface area contributed by atoms with Crippen LogP contribution in [0.25, 0.3) is 0 Å². The first-order chi connectivity index (χ1) is 12.8. The monoisotopic (exact) mass is 365 g/mol. The molecule has 0 atom stereocenters. The Bertz CT molecular complexity index is 885. The Labute approximate surface area is 158 Å². The molecule has 6 nitrogen and oxygen atoms in total. The highest BCUT2D eigenvalue weighted by Crippen LogP contribution is 2.24. The van der Waals surface area contributed by atoms with Gasteiger partial charge in [-0.1, -0.05) is 30.3 Å². The lowest BCUT2D eigenvalue weighted by Gasteiger charge is -2.18. The molecule has 3 amide bonds. The maximum Gasteiger partial charge on any atom is 0.261 e. The van der Waals surface area contributed by atoms with E-state index in [4.69, 9.17) is 5.73 Å². The summed E-state index contributed by atoms with van der Waals surface area (Å²) in [6, 6.07) is 14.3. The van der Waals surface area contributed by atoms with E-state index in [0.717, 1.165) is 5.56 Å². The number of benzene rings is 2. The van der Waals surface area contributed by atoms with E-state index in [9.17, 15) is 14.4 Å². The number of nitrogens with one attached hydrogen (secondary N) is 1. The molecule has 0 spiro atoms. The minimum absolute atomic E-state index is 0.271. The van der Waals surface area contributed by atoms with Gasteiger partial charge in [0, 0.05) is 24.2 Å². The summed E-state index contributed by atoms with van der Waals surface area (Å²) in [5, 5.41) is 2.74. The molecule has 2 aromatic rings. The van der Waals surface area contributed by atoms with Crippen molar-refractivity contribution in [3.63, 3.8) is 0 Å². The fourth-order valence-corrected chi connectivity index (χ4v) is 2.93. The first-order valence-corrected chi connectivity index (χ1v) is 8.87. The number of rotatable bonds is 6. The predicted octanol–water partition coefficient (Wildman–Crippen LogP) is 1.99. The molecule has 0 saturated carbocycles. The van der Waals surface area contributed by atoms with Crippen molar-refractivity contribution in [2.45, 2.75) is 25.8 Å². The van der Waals surface area contributed by atoms with E-state index in [1.54, 1.807) is 12.1 Å². The Morgan fingerprint density at radius 3 is 2.37 bits per heavy atom. The summed E-state index contributed by atoms with van der Waals surface area (Å²) in [5.74, 6) is -1.000. The Kier molecular flexibility index (Phi) is 5.10. The van der Waals surface area contributed by atoms with E-state index < -0.39 is 5.54 Å². The van der Waals surface area contributed by atoms with Crippen LogP contribution in [0.15, 0.2) is 48.5 Å². The summed E-state index contributed by atoms with van der Waals surface area (Å²) in [7, 11) is 0. The zero-order valence-electron chi connectivity index (χ0n) is 15.5. The zero-order chi connectivity index (χ0) is 19.6. The Morgan fingerprint density at radius 2 is 1.70 bits per heavy atom. The van der Waals surface area contributed by atoms with Crippen LogP contribution in [0.4, 0.5) is 0 Å². The van der Waals surface area contributed by atoms with Crippen molar-refractivity contribution < 1.29 is 14.4 Å². The molecule has 1 aliphatic rings. The highest BCUT2D eigenvalue weighted by molar-refractivity contribution is 6.22. The lowest BCUT2D eigenvalue weighted by atomic mass is 10.0. The minimum Gasteiger partial charge on any atom is -0.350 e. The number of carbonyl (C=O) groups is 3. The van der Waals surface area contributed by atoms with Crippen molar-refractivity contribution in [2.24, 2.45) is 5.73 Å². The van der Waals surface area contributed by atoms with Crippen molar-refractivity contribution in [2.75, 3.05) is 13.1 Å². The third-order valence-corrected chi connectivity index (χ3v) is 4.40. The maximum atomic E-state index is 12.7. The summed E-state index contributed by atoms with van der Waals surface area (Å²) in [5.41, 5.74) is 7.34. The minimum atomic E-state index is -0.535. The molecule has 0 fully saturated rings. The highest BCUT2D eigenvalue weighted by Gasteiger charge is 2.35. The second-order valence-electron chi connectivity index (χ2n) is 7.43. The van der Waals surface area contributed by atoms with Crippen molar-refractivity contribution in [1.82, 2.24) is 10.2 Å². The van der Waals surface area contributed by atoms with E-state index in [2.05, 4.69) is 5.32 Å². The standard InChI is InChI=1S/C21H23N3O3/c1-21(2,22)13-23-18(25)15-8-9-16-17(12-15)20(27)24(19(16)26)11-10-14-6-4-3-5-7-14/h3-9,12H,10-11,13,22H2,1-2H3,(H,23,25). The number of nitrogens with zero attached hydrogens (tertiary/aromatic N) is 1. The van der Waals surface area contributed by atoms with Crippen molar-refractivity contribution >= 4 is 17.7 Å². The van der Waals surface area contributed by atoms with Crippen molar-refractivity contribution in [3.05, 3.63) is 70.8 Å². The number of hydrogen-bond acceptors (Lipinski definition) is 4. The third kappa shape index (κ3) is 4.23. The quantitative estimate of drug-likeness (QED) is 0.766. The van der Waals surface area contributed by atoms with Gasteiger partial charge in [-0.3, -0.25) is 19.3 Å². The van der Waals surface area contributed by atoms with Gasteiger partial charge in [0.1, 0.15) is 0 Å². The van der Waals surface area contributed by atoms with Crippen molar-refractivity contribution in [3.8, 4) is 0 Å². The lowest BCUT2D eigenvalue weighted by Crippen LogP contribution is -2.45. The summed E-state index contributed by atoms with van der Waals surface area (Å²) in [6.45, 7) is 4.23. The molecule has 0 aromatic heterocycles. The zero-order valence-corrected chi connectivity index (χ0v) is 15.5. The third-order valence-electron chi connectivity index (χ3n) is 4.40. The molecule has 3 rings (SSSR count). The number of hydrogen-bond donors (Lipinski definition) is 2. The average molecular weight is 365 g/mol. The van der Waals surface area contributed by atoms with Crippen LogP contribution in [-0.2, 0) is 6.42 Å². The Morgan fingerprint density at radius 1 is 1.04 bits per heavy atom. The van der Waals surface area contributed by atoms with E-state index in [1.807, 2.05) is 44.2 Å². The smallest absolute Gasteiger partial charge is 0.261 e. The van der Waals surface area contributed by atoms with Crippen LogP contribution in [0.5, 0.6) is 0 Å². The van der Waals surface area contributed by atoms with Gasteiger partial charge in [-0.25, -0.2) is 0 Å². The molecule has 1 aliphatic heterocycles. The van der Waals surface area contributed by atoms with Crippen LogP contribution < -0.4 is 11.1 Å². The Balaban J connectivity index is 1.73. The number of amides is 3. The molecule has 6 heteroatoms. The number of carbonyl (C=O) groups excluding carboxylic acids is 3. The van der Waals surface area contributed by atoms with Gasteiger partial charge < -0.3 is 11.1 Å². The molecular formula is C21H23N3O3. The van der Waals surface area contributed by atoms with Gasteiger partial charge in [0.25, 0.3) is 17.7 Å². The maximum absolute atomic E-state index is 12.7. The summed E-state index contributed by atoms with van der Waals surface area (Å²) >= 11 is 0. The highest BCUT2D eigenvalue weighted by atomic mass is 16.2. The number of nitrogens with two attached hydrogens (primary N) is 1. The van der Waals surface area contributed by atoms with Crippen LogP contribution >= 0.6 is 0 Å². The molecule has 0 saturated heterocycles. The summed E-state index contributed by atoms with van der Waals surface area (Å²) < 4.78 is 0. The largest absolute Gasteiger partial charge is 0.350 e. The van der Waals surface area contributed by atoms with Crippen LogP contribution in [0.3, 0.4) is 0 Å². The summed E-state index contributed by atoms with van der Waals surface area (Å²) in [4.78, 5) is 38.8.